The first-order valence-corrected chi connectivity index (χ1v) is 21.2. The molecule has 0 radical (unpaired) electrons. The Morgan fingerprint density at radius 2 is 1.62 bits per heavy atom. The van der Waals surface area contributed by atoms with Crippen molar-refractivity contribution in [3.8, 4) is 11.8 Å². The van der Waals surface area contributed by atoms with E-state index in [4.69, 9.17) is 21.3 Å². The van der Waals surface area contributed by atoms with Crippen LogP contribution in [-0.2, 0) is 9.59 Å². The molecular formula is C45H51ClN8O6. The van der Waals surface area contributed by atoms with Crippen LogP contribution in [0, 0.1) is 28.1 Å². The summed E-state index contributed by atoms with van der Waals surface area (Å²) in [4.78, 5) is 76.7. The van der Waals surface area contributed by atoms with Crippen molar-refractivity contribution in [3.05, 3.63) is 82.0 Å². The Morgan fingerprint density at radius 3 is 2.27 bits per heavy atom. The Balaban J connectivity index is 0.769. The summed E-state index contributed by atoms with van der Waals surface area (Å²) < 4.78 is 6.37. The van der Waals surface area contributed by atoms with Crippen LogP contribution in [0.25, 0.3) is 0 Å². The number of piperidine rings is 2. The van der Waals surface area contributed by atoms with Crippen LogP contribution in [0.2, 0.25) is 5.02 Å². The lowest BCUT2D eigenvalue weighted by molar-refractivity contribution is -0.164. The van der Waals surface area contributed by atoms with E-state index in [1.165, 1.54) is 0 Å². The lowest BCUT2D eigenvalue weighted by Crippen LogP contribution is -2.74. The molecule has 2 N–H and O–H groups in total. The zero-order valence-corrected chi connectivity index (χ0v) is 35.3. The first-order chi connectivity index (χ1) is 28.6. The van der Waals surface area contributed by atoms with E-state index in [1.54, 1.807) is 36.5 Å². The Morgan fingerprint density at radius 1 is 0.900 bits per heavy atom. The maximum absolute atomic E-state index is 13.5. The highest BCUT2D eigenvalue weighted by Gasteiger charge is 2.64. The highest BCUT2D eigenvalue weighted by Crippen LogP contribution is 2.55. The van der Waals surface area contributed by atoms with Gasteiger partial charge >= 0.3 is 0 Å². The summed E-state index contributed by atoms with van der Waals surface area (Å²) in [6.07, 6.45) is 4.87. The normalized spacial score (nSPS) is 24.1. The first kappa shape index (κ1) is 41.2. The van der Waals surface area contributed by atoms with E-state index in [0.29, 0.717) is 38.9 Å². The molecule has 0 spiro atoms. The molecular weight excluding hydrogens is 784 g/mol. The fraction of sp³-hybridized carbons (Fsp3) is 0.489. The number of carbonyl (C=O) groups is 5. The molecule has 1 atom stereocenters. The summed E-state index contributed by atoms with van der Waals surface area (Å²) in [5.74, 6) is -0.0976. The van der Waals surface area contributed by atoms with Crippen LogP contribution in [0.3, 0.4) is 0 Å². The predicted octanol–water partition coefficient (Wildman–Crippen LogP) is 5.05. The summed E-state index contributed by atoms with van der Waals surface area (Å²) in [5.41, 5.74) is 1.67. The van der Waals surface area contributed by atoms with Crippen molar-refractivity contribution in [2.45, 2.75) is 78.0 Å². The van der Waals surface area contributed by atoms with E-state index in [9.17, 15) is 29.2 Å². The van der Waals surface area contributed by atoms with E-state index < -0.39 is 29.7 Å². The molecule has 4 fully saturated rings. The number of rotatable bonds is 10. The molecule has 4 aliphatic heterocycles. The van der Waals surface area contributed by atoms with Crippen LogP contribution in [0.5, 0.6) is 5.75 Å². The summed E-state index contributed by atoms with van der Waals surface area (Å²) in [6.45, 7) is 14.6. The fourth-order valence-electron chi connectivity index (χ4n) is 10.2. The van der Waals surface area contributed by atoms with Crippen LogP contribution in [-0.4, -0.2) is 108 Å². The fourth-order valence-corrected chi connectivity index (χ4v) is 10.4. The van der Waals surface area contributed by atoms with Crippen LogP contribution in [0.15, 0.2) is 54.7 Å². The summed E-state index contributed by atoms with van der Waals surface area (Å²) in [5, 5.41) is 15.0. The largest absolute Gasteiger partial charge is 0.489 e. The Labute approximate surface area is 355 Å². The number of pyridine rings is 1. The molecule has 5 heterocycles. The van der Waals surface area contributed by atoms with Gasteiger partial charge in [-0.2, -0.15) is 5.26 Å². The second-order valence-corrected chi connectivity index (χ2v) is 18.3. The molecule has 5 aliphatic rings. The van der Waals surface area contributed by atoms with E-state index >= 15 is 0 Å². The topological polar surface area (TPSA) is 168 Å². The molecule has 5 amide bonds. The van der Waals surface area contributed by atoms with Crippen LogP contribution < -0.4 is 25.2 Å². The Hall–Kier alpha value is -5.52. The molecule has 2 aromatic carbocycles. The lowest BCUT2D eigenvalue weighted by atomic mass is 9.49. The highest BCUT2D eigenvalue weighted by molar-refractivity contribution is 6.31. The number of hydrogen-bond acceptors (Lipinski definition) is 11. The zero-order valence-electron chi connectivity index (χ0n) is 34.5. The van der Waals surface area contributed by atoms with Crippen molar-refractivity contribution in [1.82, 2.24) is 25.4 Å². The van der Waals surface area contributed by atoms with Crippen molar-refractivity contribution in [1.29, 1.82) is 5.26 Å². The second-order valence-electron chi connectivity index (χ2n) is 17.9. The number of piperazine rings is 1. The SMILES string of the molecule is CC1(C)C(NC(=O)c2ccc(N3CCN(CCC4CCN(c5ccc6c(c5)C(=O)N(C5CCC(=O)NC5=O)C6=O)CC4)CC3)nc2)C(C)(C)C1Oc1ccc(C#N)c(Cl)c1. The van der Waals surface area contributed by atoms with Gasteiger partial charge < -0.3 is 19.9 Å². The third kappa shape index (κ3) is 7.69. The van der Waals surface area contributed by atoms with Crippen molar-refractivity contribution in [2.24, 2.45) is 16.7 Å². The number of hydrogen-bond donors (Lipinski definition) is 2. The van der Waals surface area contributed by atoms with Crippen molar-refractivity contribution >= 4 is 52.6 Å². The summed E-state index contributed by atoms with van der Waals surface area (Å²) in [6, 6.07) is 15.1. The van der Waals surface area contributed by atoms with Gasteiger partial charge in [-0.3, -0.25) is 39.1 Å². The van der Waals surface area contributed by atoms with Gasteiger partial charge in [0.25, 0.3) is 17.7 Å². The Bertz CT molecular complexity index is 2240. The maximum Gasteiger partial charge on any atom is 0.262 e. The highest BCUT2D eigenvalue weighted by atomic mass is 35.5. The first-order valence-electron chi connectivity index (χ1n) is 20.9. The second kappa shape index (κ2) is 16.2. The molecule has 14 nitrogen and oxygen atoms in total. The minimum atomic E-state index is -0.972. The molecule has 1 aromatic heterocycles. The van der Waals surface area contributed by atoms with Gasteiger partial charge in [-0.1, -0.05) is 39.3 Å². The molecule has 60 heavy (non-hydrogen) atoms. The number of nitriles is 1. The number of fused-ring (bicyclic) bond motifs is 1. The van der Waals surface area contributed by atoms with Crippen LogP contribution >= 0.6 is 11.6 Å². The number of benzene rings is 2. The summed E-state index contributed by atoms with van der Waals surface area (Å²) in [7, 11) is 0. The van der Waals surface area contributed by atoms with E-state index in [2.05, 4.69) is 59.1 Å². The number of aromatic nitrogens is 1. The zero-order chi connectivity index (χ0) is 42.5. The number of ether oxygens (including phenoxy) is 1. The van der Waals surface area contributed by atoms with Gasteiger partial charge in [0.15, 0.2) is 0 Å². The summed E-state index contributed by atoms with van der Waals surface area (Å²) >= 11 is 6.25. The number of nitrogens with one attached hydrogen (secondary N) is 2. The molecule has 0 bridgehead atoms. The van der Waals surface area contributed by atoms with E-state index in [0.717, 1.165) is 81.5 Å². The molecule has 1 saturated carbocycles. The third-order valence-electron chi connectivity index (χ3n) is 13.4. The molecule has 1 unspecified atom stereocenters. The standard InChI is InChI=1S/C45H51ClN8O6/c1-44(2)42(45(3,4)43(44)60-31-8-5-28(25-47)34(46)24-31)50-38(56)29-6-11-36(48-26-29)53-21-19-51(20-22-53)16-13-27-14-17-52(18-15-27)30-7-9-32-33(23-30)41(59)54(40(32)58)35-10-12-37(55)49-39(35)57/h5-9,11,23-24,26-27,35,42-43H,10,12-22H2,1-4H3,(H,50,56)(H,49,55,57). The minimum Gasteiger partial charge on any atom is -0.489 e. The number of carbonyl (C=O) groups excluding carboxylic acids is 5. The molecule has 3 aromatic rings. The molecule has 1 aliphatic carbocycles. The quantitative estimate of drug-likeness (QED) is 0.263. The van der Waals surface area contributed by atoms with Crippen molar-refractivity contribution in [3.63, 3.8) is 0 Å². The average Bonchev–Trinajstić information content (AvgIpc) is 3.49. The number of anilines is 2. The number of nitrogens with zero attached hydrogens (tertiary/aromatic N) is 6. The number of imide groups is 2. The van der Waals surface area contributed by atoms with Crippen molar-refractivity contribution in [2.75, 3.05) is 55.6 Å². The van der Waals surface area contributed by atoms with Gasteiger partial charge in [0.05, 0.1) is 27.3 Å². The number of halogens is 1. The van der Waals surface area contributed by atoms with Gasteiger partial charge in [0, 0.05) is 80.5 Å². The predicted molar refractivity (Wildman–Crippen MR) is 225 cm³/mol. The van der Waals surface area contributed by atoms with Gasteiger partial charge in [-0.15, -0.1) is 0 Å². The van der Waals surface area contributed by atoms with Gasteiger partial charge in [0.1, 0.15) is 29.8 Å². The Kier molecular flexibility index (Phi) is 11.1. The van der Waals surface area contributed by atoms with E-state index in [1.807, 2.05) is 18.2 Å². The van der Waals surface area contributed by atoms with Gasteiger partial charge in [-0.25, -0.2) is 4.98 Å². The smallest absolute Gasteiger partial charge is 0.262 e. The monoisotopic (exact) mass is 834 g/mol. The average molecular weight is 835 g/mol. The molecule has 314 valence electrons. The number of amides is 5. The molecule has 8 rings (SSSR count). The van der Waals surface area contributed by atoms with Gasteiger partial charge in [-0.05, 0) is 80.6 Å². The molecule has 15 heteroatoms. The lowest BCUT2D eigenvalue weighted by Gasteiger charge is -2.63. The third-order valence-corrected chi connectivity index (χ3v) is 13.7. The van der Waals surface area contributed by atoms with Crippen LogP contribution in [0.4, 0.5) is 11.5 Å². The molecule has 3 saturated heterocycles. The minimum absolute atomic E-state index is 0.0919. The van der Waals surface area contributed by atoms with Crippen LogP contribution in [0.1, 0.15) is 96.4 Å². The van der Waals surface area contributed by atoms with Gasteiger partial charge in [0.2, 0.25) is 11.8 Å². The van der Waals surface area contributed by atoms with Crippen molar-refractivity contribution < 1.29 is 28.7 Å². The van der Waals surface area contributed by atoms with E-state index in [-0.39, 0.29) is 41.7 Å². The maximum atomic E-state index is 13.5.